The number of benzene rings is 2. The van der Waals surface area contributed by atoms with E-state index in [2.05, 4.69) is 5.32 Å². The first-order valence-electron chi connectivity index (χ1n) is 6.89. The molecular formula is C17H13Cl2NO2. The van der Waals surface area contributed by atoms with Gasteiger partial charge in [-0.3, -0.25) is 14.9 Å². The van der Waals surface area contributed by atoms with Crippen molar-refractivity contribution in [1.82, 2.24) is 5.32 Å². The minimum absolute atomic E-state index is 0.209. The van der Waals surface area contributed by atoms with E-state index in [1.165, 1.54) is 0 Å². The van der Waals surface area contributed by atoms with E-state index >= 15 is 0 Å². The third-order valence-electron chi connectivity index (χ3n) is 3.88. The Bertz CT molecular complexity index is 710. The Morgan fingerprint density at radius 2 is 1.32 bits per heavy atom. The van der Waals surface area contributed by atoms with Gasteiger partial charge in [-0.15, -0.1) is 0 Å². The fraction of sp³-hybridized carbons (Fsp3) is 0.176. The van der Waals surface area contributed by atoms with Crippen LogP contribution in [0.1, 0.15) is 29.4 Å². The second kappa shape index (κ2) is 6.11. The Hall–Kier alpha value is -1.84. The SMILES string of the molecule is O=C1CC(c2ccc(Cl)cc2)C(c2ccc(Cl)cc2)C(=O)N1. The summed E-state index contributed by atoms with van der Waals surface area (Å²) < 4.78 is 0. The van der Waals surface area contributed by atoms with Gasteiger partial charge in [-0.05, 0) is 35.4 Å². The molecule has 0 aliphatic carbocycles. The van der Waals surface area contributed by atoms with Crippen LogP contribution in [-0.4, -0.2) is 11.8 Å². The Morgan fingerprint density at radius 3 is 1.86 bits per heavy atom. The second-order valence-electron chi connectivity index (χ2n) is 5.30. The molecule has 1 saturated heterocycles. The van der Waals surface area contributed by atoms with Gasteiger partial charge in [-0.2, -0.15) is 0 Å². The third kappa shape index (κ3) is 3.01. The van der Waals surface area contributed by atoms with Crippen LogP contribution in [0.2, 0.25) is 10.0 Å². The predicted octanol–water partition coefficient (Wildman–Crippen LogP) is 3.91. The van der Waals surface area contributed by atoms with E-state index in [0.29, 0.717) is 10.0 Å². The molecule has 0 aromatic heterocycles. The third-order valence-corrected chi connectivity index (χ3v) is 4.38. The molecule has 2 atom stereocenters. The van der Waals surface area contributed by atoms with Gasteiger partial charge < -0.3 is 0 Å². The lowest BCUT2D eigenvalue weighted by Gasteiger charge is -2.30. The van der Waals surface area contributed by atoms with Crippen LogP contribution in [0, 0.1) is 0 Å². The molecule has 1 aliphatic rings. The molecule has 0 spiro atoms. The van der Waals surface area contributed by atoms with Crippen molar-refractivity contribution in [3.8, 4) is 0 Å². The van der Waals surface area contributed by atoms with Crippen molar-refractivity contribution in [3.63, 3.8) is 0 Å². The lowest BCUT2D eigenvalue weighted by Crippen LogP contribution is -2.43. The van der Waals surface area contributed by atoms with Gasteiger partial charge in [0.15, 0.2) is 0 Å². The highest BCUT2D eigenvalue weighted by Gasteiger charge is 2.37. The Kier molecular flexibility index (Phi) is 4.19. The molecule has 5 heteroatoms. The maximum absolute atomic E-state index is 12.3. The average molecular weight is 334 g/mol. The number of piperidine rings is 1. The molecule has 22 heavy (non-hydrogen) atoms. The van der Waals surface area contributed by atoms with Crippen molar-refractivity contribution >= 4 is 35.0 Å². The lowest BCUT2D eigenvalue weighted by molar-refractivity contribution is -0.135. The Labute approximate surface area is 138 Å². The second-order valence-corrected chi connectivity index (χ2v) is 6.18. The number of amides is 2. The quantitative estimate of drug-likeness (QED) is 0.847. The summed E-state index contributed by atoms with van der Waals surface area (Å²) in [7, 11) is 0. The van der Waals surface area contributed by atoms with Gasteiger partial charge >= 0.3 is 0 Å². The first-order chi connectivity index (χ1) is 10.5. The van der Waals surface area contributed by atoms with Crippen molar-refractivity contribution in [3.05, 3.63) is 69.7 Å². The van der Waals surface area contributed by atoms with Gasteiger partial charge in [0.2, 0.25) is 11.8 Å². The van der Waals surface area contributed by atoms with Crippen LogP contribution in [0.3, 0.4) is 0 Å². The topological polar surface area (TPSA) is 46.2 Å². The first kappa shape index (κ1) is 15.1. The number of hydrogen-bond donors (Lipinski definition) is 1. The number of carbonyl (C=O) groups excluding carboxylic acids is 2. The summed E-state index contributed by atoms with van der Waals surface area (Å²) in [6, 6.07) is 14.4. The molecule has 0 bridgehead atoms. The fourth-order valence-corrected chi connectivity index (χ4v) is 3.09. The zero-order chi connectivity index (χ0) is 15.7. The molecule has 2 amide bonds. The van der Waals surface area contributed by atoms with Gasteiger partial charge in [0.25, 0.3) is 0 Å². The highest BCUT2D eigenvalue weighted by molar-refractivity contribution is 6.30. The molecular weight excluding hydrogens is 321 g/mol. The van der Waals surface area contributed by atoms with Crippen LogP contribution in [0.25, 0.3) is 0 Å². The van der Waals surface area contributed by atoms with Gasteiger partial charge in [0, 0.05) is 22.4 Å². The summed E-state index contributed by atoms with van der Waals surface area (Å²) in [6.07, 6.45) is 0.265. The molecule has 0 saturated carbocycles. The van der Waals surface area contributed by atoms with E-state index < -0.39 is 5.92 Å². The summed E-state index contributed by atoms with van der Waals surface area (Å²) in [6.45, 7) is 0. The largest absolute Gasteiger partial charge is 0.296 e. The van der Waals surface area contributed by atoms with Crippen LogP contribution >= 0.6 is 23.2 Å². The highest BCUT2D eigenvalue weighted by atomic mass is 35.5. The normalized spacial score (nSPS) is 21.5. The molecule has 1 aliphatic heterocycles. The average Bonchev–Trinajstić information content (AvgIpc) is 2.49. The minimum atomic E-state index is -0.420. The van der Waals surface area contributed by atoms with Gasteiger partial charge in [0.05, 0.1) is 5.92 Å². The molecule has 0 radical (unpaired) electrons. The summed E-state index contributed by atoms with van der Waals surface area (Å²) >= 11 is 11.8. The van der Waals surface area contributed by atoms with E-state index in [1.54, 1.807) is 24.3 Å². The molecule has 1 heterocycles. The van der Waals surface area contributed by atoms with Crippen LogP contribution < -0.4 is 5.32 Å². The maximum Gasteiger partial charge on any atom is 0.234 e. The standard InChI is InChI=1S/C17H13Cl2NO2/c18-12-5-1-10(2-6-12)14-9-15(21)20-17(22)16(14)11-3-7-13(19)8-4-11/h1-8,14,16H,9H2,(H,20,21,22). The molecule has 2 aromatic carbocycles. The van der Waals surface area contributed by atoms with Crippen LogP contribution in [0.15, 0.2) is 48.5 Å². The van der Waals surface area contributed by atoms with Crippen molar-refractivity contribution in [2.45, 2.75) is 18.3 Å². The number of nitrogens with one attached hydrogen (secondary N) is 1. The molecule has 1 fully saturated rings. The number of rotatable bonds is 2. The van der Waals surface area contributed by atoms with Crippen molar-refractivity contribution < 1.29 is 9.59 Å². The van der Waals surface area contributed by atoms with E-state index in [0.717, 1.165) is 11.1 Å². The molecule has 2 unspecified atom stereocenters. The van der Waals surface area contributed by atoms with Crippen molar-refractivity contribution in [1.29, 1.82) is 0 Å². The molecule has 3 rings (SSSR count). The summed E-state index contributed by atoms with van der Waals surface area (Å²) in [5, 5.41) is 3.65. The van der Waals surface area contributed by atoms with Crippen molar-refractivity contribution in [2.75, 3.05) is 0 Å². The molecule has 3 nitrogen and oxygen atoms in total. The van der Waals surface area contributed by atoms with Crippen molar-refractivity contribution in [2.24, 2.45) is 0 Å². The first-order valence-corrected chi connectivity index (χ1v) is 7.65. The van der Waals surface area contributed by atoms with Gasteiger partial charge in [-0.25, -0.2) is 0 Å². The predicted molar refractivity (Wildman–Crippen MR) is 86.2 cm³/mol. The maximum atomic E-state index is 12.3. The van der Waals surface area contributed by atoms with E-state index in [-0.39, 0.29) is 24.2 Å². The Morgan fingerprint density at radius 1 is 0.818 bits per heavy atom. The number of carbonyl (C=O) groups is 2. The summed E-state index contributed by atoms with van der Waals surface area (Å²) in [5.74, 6) is -1.16. The summed E-state index contributed by atoms with van der Waals surface area (Å²) in [5.41, 5.74) is 1.77. The highest BCUT2D eigenvalue weighted by Crippen LogP contribution is 2.39. The molecule has 2 aromatic rings. The van der Waals surface area contributed by atoms with Crippen LogP contribution in [-0.2, 0) is 9.59 Å². The molecule has 1 N–H and O–H groups in total. The Balaban J connectivity index is 2.02. The van der Waals surface area contributed by atoms with Crippen LogP contribution in [0.4, 0.5) is 0 Å². The van der Waals surface area contributed by atoms with Gasteiger partial charge in [0.1, 0.15) is 0 Å². The van der Waals surface area contributed by atoms with E-state index in [4.69, 9.17) is 23.2 Å². The zero-order valence-corrected chi connectivity index (χ0v) is 13.1. The van der Waals surface area contributed by atoms with Crippen LogP contribution in [0.5, 0.6) is 0 Å². The summed E-state index contributed by atoms with van der Waals surface area (Å²) in [4.78, 5) is 24.1. The smallest absolute Gasteiger partial charge is 0.234 e. The fourth-order valence-electron chi connectivity index (χ4n) is 2.84. The number of halogens is 2. The number of hydrogen-bond acceptors (Lipinski definition) is 2. The van der Waals surface area contributed by atoms with Gasteiger partial charge in [-0.1, -0.05) is 47.5 Å². The minimum Gasteiger partial charge on any atom is -0.296 e. The molecule has 112 valence electrons. The lowest BCUT2D eigenvalue weighted by atomic mass is 9.76. The van der Waals surface area contributed by atoms with E-state index in [9.17, 15) is 9.59 Å². The monoisotopic (exact) mass is 333 g/mol. The zero-order valence-electron chi connectivity index (χ0n) is 11.6. The van der Waals surface area contributed by atoms with E-state index in [1.807, 2.05) is 24.3 Å². The number of imide groups is 1.